The second kappa shape index (κ2) is 7.85. The second-order valence-corrected chi connectivity index (χ2v) is 10.2. The van der Waals surface area contributed by atoms with Crippen molar-refractivity contribution in [1.29, 1.82) is 0 Å². The first-order valence-electron chi connectivity index (χ1n) is 9.61. The first kappa shape index (κ1) is 20.6. The molecule has 7 heteroatoms. The molecule has 0 atom stereocenters. The first-order chi connectivity index (χ1) is 14.3. The Morgan fingerprint density at radius 3 is 2.47 bits per heavy atom. The number of nitrogens with zero attached hydrogens (tertiary/aromatic N) is 2. The minimum Gasteiger partial charge on any atom is -0.318 e. The van der Waals surface area contributed by atoms with Crippen LogP contribution in [-0.4, -0.2) is 24.4 Å². The lowest BCUT2D eigenvalue weighted by Crippen LogP contribution is -2.16. The van der Waals surface area contributed by atoms with Crippen LogP contribution in [0.1, 0.15) is 29.2 Å². The normalized spacial score (nSPS) is 13.2. The van der Waals surface area contributed by atoms with E-state index in [2.05, 4.69) is 0 Å². The smallest absolute Gasteiger partial charge is 0.250 e. The van der Waals surface area contributed by atoms with E-state index < -0.39 is 9.84 Å². The van der Waals surface area contributed by atoms with Crippen molar-refractivity contribution in [2.24, 2.45) is 12.0 Å². The van der Waals surface area contributed by atoms with Gasteiger partial charge in [0.1, 0.15) is 0 Å². The lowest BCUT2D eigenvalue weighted by atomic mass is 9.92. The molecule has 0 unspecified atom stereocenters. The Kier molecular flexibility index (Phi) is 5.38. The monoisotopic (exact) mass is 440 g/mol. The van der Waals surface area contributed by atoms with Crippen LogP contribution in [0.2, 0.25) is 5.02 Å². The van der Waals surface area contributed by atoms with Crippen molar-refractivity contribution < 1.29 is 8.42 Å². The van der Waals surface area contributed by atoms with Gasteiger partial charge in [-0.2, -0.15) is 0 Å². The number of hydrogen-bond acceptors (Lipinski definition) is 4. The summed E-state index contributed by atoms with van der Waals surface area (Å²) < 4.78 is 25.9. The van der Waals surface area contributed by atoms with Gasteiger partial charge >= 0.3 is 0 Å². The fourth-order valence-corrected chi connectivity index (χ4v) is 4.63. The predicted octanol–water partition coefficient (Wildman–Crippen LogP) is 3.99. The van der Waals surface area contributed by atoms with Gasteiger partial charge < -0.3 is 4.57 Å². The molecule has 0 saturated heterocycles. The highest BCUT2D eigenvalue weighted by atomic mass is 35.5. The van der Waals surface area contributed by atoms with Crippen molar-refractivity contribution in [2.45, 2.75) is 19.2 Å². The summed E-state index contributed by atoms with van der Waals surface area (Å²) in [6.07, 6.45) is 1.80. The number of aryl methyl sites for hydroxylation is 1. The Morgan fingerprint density at radius 2 is 1.77 bits per heavy atom. The minimum absolute atomic E-state index is 0.0225. The lowest BCUT2D eigenvalue weighted by molar-refractivity contribution is 0.596. The van der Waals surface area contributed by atoms with E-state index in [1.807, 2.05) is 42.5 Å². The van der Waals surface area contributed by atoms with Gasteiger partial charge in [-0.1, -0.05) is 42.8 Å². The minimum atomic E-state index is -3.17. The van der Waals surface area contributed by atoms with Crippen LogP contribution < -0.4 is 5.56 Å². The molecular formula is C23H21ClN2O3S. The molecule has 5 nitrogen and oxygen atoms in total. The number of aliphatic imine (C=N–C) groups is 1. The summed E-state index contributed by atoms with van der Waals surface area (Å²) in [5.74, 6) is 0.0674. The van der Waals surface area contributed by atoms with Crippen molar-refractivity contribution in [3.8, 4) is 11.1 Å². The molecule has 0 N–H and O–H groups in total. The number of hydrogen-bond donors (Lipinski definition) is 0. The summed E-state index contributed by atoms with van der Waals surface area (Å²) in [7, 11) is -1.46. The topological polar surface area (TPSA) is 68.5 Å². The zero-order valence-electron chi connectivity index (χ0n) is 16.7. The van der Waals surface area contributed by atoms with Gasteiger partial charge in [0.05, 0.1) is 18.0 Å². The van der Waals surface area contributed by atoms with Crippen LogP contribution in [0.15, 0.2) is 64.5 Å². The van der Waals surface area contributed by atoms with Crippen molar-refractivity contribution in [3.63, 3.8) is 0 Å². The van der Waals surface area contributed by atoms with Gasteiger partial charge in [-0.3, -0.25) is 9.79 Å². The molecule has 0 spiro atoms. The van der Waals surface area contributed by atoms with Gasteiger partial charge in [-0.25, -0.2) is 8.42 Å². The van der Waals surface area contributed by atoms with Crippen LogP contribution >= 0.6 is 11.6 Å². The number of benzene rings is 2. The zero-order valence-corrected chi connectivity index (χ0v) is 18.3. The summed E-state index contributed by atoms with van der Waals surface area (Å²) in [6.45, 7) is 2.01. The number of pyridine rings is 1. The molecule has 2 aromatic carbocycles. The van der Waals surface area contributed by atoms with E-state index in [1.165, 1.54) is 4.57 Å². The maximum absolute atomic E-state index is 12.2. The van der Waals surface area contributed by atoms with Gasteiger partial charge in [0.25, 0.3) is 5.56 Å². The van der Waals surface area contributed by atoms with Gasteiger partial charge in [0, 0.05) is 46.8 Å². The van der Waals surface area contributed by atoms with Crippen LogP contribution in [-0.2, 0) is 29.2 Å². The van der Waals surface area contributed by atoms with Crippen LogP contribution in [0, 0.1) is 0 Å². The first-order valence-corrected chi connectivity index (χ1v) is 11.8. The van der Waals surface area contributed by atoms with Gasteiger partial charge in [0.2, 0.25) is 0 Å². The Balaban J connectivity index is 1.95. The highest BCUT2D eigenvalue weighted by Crippen LogP contribution is 2.33. The summed E-state index contributed by atoms with van der Waals surface area (Å²) in [5, 5.41) is 0.639. The number of sulfone groups is 1. The molecule has 3 aromatic rings. The number of aromatic nitrogens is 1. The summed E-state index contributed by atoms with van der Waals surface area (Å²) in [5.41, 5.74) is 5.78. The Labute approximate surface area is 180 Å². The molecule has 1 aliphatic heterocycles. The molecule has 154 valence electrons. The molecule has 30 heavy (non-hydrogen) atoms. The third-order valence-electron chi connectivity index (χ3n) is 5.29. The third-order valence-corrected chi connectivity index (χ3v) is 7.20. The molecule has 4 rings (SSSR count). The van der Waals surface area contributed by atoms with E-state index in [0.29, 0.717) is 17.1 Å². The second-order valence-electron chi connectivity index (χ2n) is 7.39. The number of rotatable bonds is 4. The molecule has 1 aromatic heterocycles. The molecule has 2 heterocycles. The molecule has 0 radical (unpaired) electrons. The quantitative estimate of drug-likeness (QED) is 0.616. The highest BCUT2D eigenvalue weighted by Gasteiger charge is 2.21. The average molecular weight is 441 g/mol. The van der Waals surface area contributed by atoms with Gasteiger partial charge in [-0.15, -0.1) is 0 Å². The predicted molar refractivity (Wildman–Crippen MR) is 121 cm³/mol. The van der Waals surface area contributed by atoms with E-state index in [-0.39, 0.29) is 17.1 Å². The van der Waals surface area contributed by atoms with Gasteiger partial charge in [0.15, 0.2) is 9.84 Å². The van der Waals surface area contributed by atoms with Crippen molar-refractivity contribution in [2.75, 3.05) is 5.75 Å². The molecule has 0 amide bonds. The molecule has 0 bridgehead atoms. The van der Waals surface area contributed by atoms with E-state index in [0.717, 1.165) is 33.5 Å². The number of fused-ring (bicyclic) bond motifs is 3. The third kappa shape index (κ3) is 3.98. The van der Waals surface area contributed by atoms with E-state index in [4.69, 9.17) is 16.6 Å². The molecular weight excluding hydrogens is 420 g/mol. The SMILES string of the molecule is CCS(=O)(=O)Cc1ccc2c(c1)-c1cn(C)c(=O)cc1CN=C2c1ccc(Cl)cc1. The fraction of sp³-hybridized carbons (Fsp3) is 0.217. The Bertz CT molecular complexity index is 1320. The Hall–Kier alpha value is -2.70. The summed E-state index contributed by atoms with van der Waals surface area (Å²) >= 11 is 6.05. The van der Waals surface area contributed by atoms with Crippen molar-refractivity contribution in [1.82, 2.24) is 4.57 Å². The molecule has 0 fully saturated rings. The lowest BCUT2D eigenvalue weighted by Gasteiger charge is -2.14. The fourth-order valence-electron chi connectivity index (χ4n) is 3.61. The summed E-state index contributed by atoms with van der Waals surface area (Å²) in [4.78, 5) is 17.0. The zero-order chi connectivity index (χ0) is 21.5. The summed E-state index contributed by atoms with van der Waals surface area (Å²) in [6, 6.07) is 14.7. The van der Waals surface area contributed by atoms with Crippen molar-refractivity contribution in [3.05, 3.63) is 92.4 Å². The Morgan fingerprint density at radius 1 is 1.03 bits per heavy atom. The van der Waals surface area contributed by atoms with Crippen LogP contribution in [0.4, 0.5) is 0 Å². The van der Waals surface area contributed by atoms with Crippen LogP contribution in [0.3, 0.4) is 0 Å². The van der Waals surface area contributed by atoms with Crippen molar-refractivity contribution >= 4 is 27.1 Å². The largest absolute Gasteiger partial charge is 0.318 e. The molecule has 1 aliphatic rings. The molecule has 0 saturated carbocycles. The van der Waals surface area contributed by atoms with E-state index >= 15 is 0 Å². The maximum Gasteiger partial charge on any atom is 0.250 e. The van der Waals surface area contributed by atoms with Gasteiger partial charge in [-0.05, 0) is 34.9 Å². The van der Waals surface area contributed by atoms with Crippen LogP contribution in [0.25, 0.3) is 11.1 Å². The van der Waals surface area contributed by atoms with Crippen LogP contribution in [0.5, 0.6) is 0 Å². The standard InChI is InChI=1S/C23H21ClN2O3S/c1-3-30(28,29)14-15-4-9-19-20(10-15)21-13-26(2)22(27)11-17(21)12-25-23(19)16-5-7-18(24)8-6-16/h4-11,13H,3,12,14H2,1-2H3. The number of halogens is 1. The average Bonchev–Trinajstić information content (AvgIpc) is 2.86. The van der Waals surface area contributed by atoms with E-state index in [1.54, 1.807) is 26.2 Å². The molecule has 0 aliphatic carbocycles. The maximum atomic E-state index is 12.2. The van der Waals surface area contributed by atoms with E-state index in [9.17, 15) is 13.2 Å². The highest BCUT2D eigenvalue weighted by molar-refractivity contribution is 7.90.